The molecular weight excluding hydrogens is 226 g/mol. The van der Waals surface area contributed by atoms with Crippen LogP contribution >= 0.6 is 0 Å². The van der Waals surface area contributed by atoms with Crippen LogP contribution in [0.1, 0.15) is 46.9 Å². The molecule has 0 spiro atoms. The van der Waals surface area contributed by atoms with Crippen LogP contribution in [-0.2, 0) is 0 Å². The minimum Gasteiger partial charge on any atom is -0.269 e. The summed E-state index contributed by atoms with van der Waals surface area (Å²) in [7, 11) is 0. The molecule has 0 saturated heterocycles. The van der Waals surface area contributed by atoms with Crippen LogP contribution < -0.4 is 0 Å². The quantitative estimate of drug-likeness (QED) is 0.560. The highest BCUT2D eigenvalue weighted by Crippen LogP contribution is 2.36. The molecule has 1 unspecified atom stereocenters. The van der Waals surface area contributed by atoms with Gasteiger partial charge in [0.15, 0.2) is 0 Å². The molecule has 1 aliphatic heterocycles. The second-order valence-electron chi connectivity index (χ2n) is 5.20. The second-order valence-corrected chi connectivity index (χ2v) is 5.20. The zero-order chi connectivity index (χ0) is 12.8. The zero-order valence-electron chi connectivity index (χ0n) is 10.3. The van der Waals surface area contributed by atoms with Crippen molar-refractivity contribution < 1.29 is 9.59 Å². The summed E-state index contributed by atoms with van der Waals surface area (Å²) >= 11 is 0. The highest BCUT2D eigenvalue weighted by molar-refractivity contribution is 6.21. The maximum Gasteiger partial charge on any atom is 0.262 e. The highest BCUT2D eigenvalue weighted by atomic mass is 16.2. The minimum atomic E-state index is -0.373. The first-order chi connectivity index (χ1) is 8.63. The Hall–Kier alpha value is -1.90. The van der Waals surface area contributed by atoms with E-state index in [2.05, 4.69) is 12.2 Å². The molecule has 1 aromatic carbocycles. The van der Waals surface area contributed by atoms with Crippen molar-refractivity contribution in [1.82, 2.24) is 4.90 Å². The molecule has 0 fully saturated rings. The van der Waals surface area contributed by atoms with Gasteiger partial charge in [-0.25, -0.2) is 0 Å². The molecule has 18 heavy (non-hydrogen) atoms. The molecule has 92 valence electrons. The van der Waals surface area contributed by atoms with Gasteiger partial charge in [-0.2, -0.15) is 0 Å². The number of carbonyl (C=O) groups is 2. The number of hydrogen-bond acceptors (Lipinski definition) is 2. The molecule has 1 atom stereocenters. The smallest absolute Gasteiger partial charge is 0.262 e. The Bertz CT molecular complexity index is 526. The Morgan fingerprint density at radius 1 is 1.06 bits per heavy atom. The summed E-state index contributed by atoms with van der Waals surface area (Å²) in [4.78, 5) is 26.2. The van der Waals surface area contributed by atoms with E-state index in [4.69, 9.17) is 0 Å². The normalized spacial score (nSPS) is 26.6. The molecule has 0 bridgehead atoms. The molecule has 3 heteroatoms. The molecule has 1 heterocycles. The number of rotatable bonds is 1. The van der Waals surface area contributed by atoms with E-state index in [0.717, 1.165) is 19.3 Å². The number of nitrogens with zero attached hydrogens (tertiary/aromatic N) is 1. The number of benzene rings is 1. The maximum atomic E-state index is 12.4. The van der Waals surface area contributed by atoms with Crippen molar-refractivity contribution >= 4 is 11.8 Å². The second kappa shape index (κ2) is 3.80. The van der Waals surface area contributed by atoms with E-state index in [1.54, 1.807) is 24.3 Å². The fourth-order valence-electron chi connectivity index (χ4n) is 2.83. The summed E-state index contributed by atoms with van der Waals surface area (Å²) in [6, 6.07) is 7.07. The third-order valence-corrected chi connectivity index (χ3v) is 3.91. The average molecular weight is 241 g/mol. The van der Waals surface area contributed by atoms with Gasteiger partial charge in [0.2, 0.25) is 0 Å². The van der Waals surface area contributed by atoms with Gasteiger partial charge in [0.05, 0.1) is 16.7 Å². The summed E-state index contributed by atoms with van der Waals surface area (Å²) < 4.78 is 0. The topological polar surface area (TPSA) is 37.4 Å². The fourth-order valence-corrected chi connectivity index (χ4v) is 2.83. The van der Waals surface area contributed by atoms with Gasteiger partial charge in [-0.15, -0.1) is 0 Å². The standard InChI is InChI=1S/C15H15NO2/c1-15(9-5-2-6-10-15)16-13(17)11-7-3-4-8-12(11)14(16)18/h2-5,7-8H,6,9-10H2,1H3. The van der Waals surface area contributed by atoms with Crippen LogP contribution in [0.25, 0.3) is 0 Å². The van der Waals surface area contributed by atoms with Crippen molar-refractivity contribution in [3.63, 3.8) is 0 Å². The summed E-state index contributed by atoms with van der Waals surface area (Å²) in [5, 5.41) is 0. The molecule has 0 N–H and O–H groups in total. The van der Waals surface area contributed by atoms with Crippen LogP contribution in [0, 0.1) is 0 Å². The van der Waals surface area contributed by atoms with E-state index in [1.165, 1.54) is 4.90 Å². The molecule has 0 saturated carbocycles. The third-order valence-electron chi connectivity index (χ3n) is 3.91. The molecule has 2 aliphatic rings. The van der Waals surface area contributed by atoms with Crippen LogP contribution in [-0.4, -0.2) is 22.3 Å². The van der Waals surface area contributed by atoms with Gasteiger partial charge in [-0.05, 0) is 38.3 Å². The number of hydrogen-bond donors (Lipinski definition) is 0. The predicted molar refractivity (Wildman–Crippen MR) is 68.3 cm³/mol. The van der Waals surface area contributed by atoms with Crippen LogP contribution in [0.2, 0.25) is 0 Å². The first-order valence-corrected chi connectivity index (χ1v) is 6.26. The first-order valence-electron chi connectivity index (χ1n) is 6.26. The molecule has 1 aliphatic carbocycles. The van der Waals surface area contributed by atoms with Gasteiger partial charge in [-0.3, -0.25) is 14.5 Å². The lowest BCUT2D eigenvalue weighted by Crippen LogP contribution is -2.50. The number of fused-ring (bicyclic) bond motifs is 1. The van der Waals surface area contributed by atoms with Crippen molar-refractivity contribution in [2.45, 2.75) is 31.7 Å². The first kappa shape index (κ1) is 11.2. The lowest BCUT2D eigenvalue weighted by molar-refractivity contribution is 0.0433. The molecule has 0 aromatic heterocycles. The summed E-state index contributed by atoms with van der Waals surface area (Å²) in [5.74, 6) is -0.290. The predicted octanol–water partition coefficient (Wildman–Crippen LogP) is 2.78. The maximum absolute atomic E-state index is 12.4. The van der Waals surface area contributed by atoms with Gasteiger partial charge in [-0.1, -0.05) is 24.3 Å². The third kappa shape index (κ3) is 1.43. The van der Waals surface area contributed by atoms with E-state index in [9.17, 15) is 9.59 Å². The van der Waals surface area contributed by atoms with E-state index in [-0.39, 0.29) is 17.4 Å². The van der Waals surface area contributed by atoms with Crippen LogP contribution in [0.4, 0.5) is 0 Å². The van der Waals surface area contributed by atoms with Crippen molar-refractivity contribution in [3.8, 4) is 0 Å². The van der Waals surface area contributed by atoms with Gasteiger partial charge in [0.1, 0.15) is 0 Å². The Morgan fingerprint density at radius 2 is 1.67 bits per heavy atom. The SMILES string of the molecule is CC1(N2C(=O)c3ccccc3C2=O)CC=CCC1. The van der Waals surface area contributed by atoms with E-state index < -0.39 is 0 Å². The monoisotopic (exact) mass is 241 g/mol. The van der Waals surface area contributed by atoms with Crippen molar-refractivity contribution in [1.29, 1.82) is 0 Å². The van der Waals surface area contributed by atoms with Gasteiger partial charge < -0.3 is 0 Å². The molecule has 2 amide bonds. The molecular formula is C15H15NO2. The van der Waals surface area contributed by atoms with Crippen molar-refractivity contribution in [2.24, 2.45) is 0 Å². The van der Waals surface area contributed by atoms with E-state index in [0.29, 0.717) is 11.1 Å². The number of amides is 2. The van der Waals surface area contributed by atoms with Crippen LogP contribution in [0.15, 0.2) is 36.4 Å². The summed E-state index contributed by atoms with van der Waals surface area (Å²) in [6.45, 7) is 2.00. The number of allylic oxidation sites excluding steroid dienone is 1. The zero-order valence-corrected chi connectivity index (χ0v) is 10.3. The summed E-state index contributed by atoms with van der Waals surface area (Å²) in [6.07, 6.45) is 6.68. The molecule has 3 nitrogen and oxygen atoms in total. The largest absolute Gasteiger partial charge is 0.269 e. The van der Waals surface area contributed by atoms with Gasteiger partial charge >= 0.3 is 0 Å². The summed E-state index contributed by atoms with van der Waals surface area (Å²) in [5.41, 5.74) is 0.707. The number of carbonyl (C=O) groups excluding carboxylic acids is 2. The minimum absolute atomic E-state index is 0.145. The Kier molecular flexibility index (Phi) is 2.37. The molecule has 0 radical (unpaired) electrons. The van der Waals surface area contributed by atoms with E-state index in [1.807, 2.05) is 6.92 Å². The van der Waals surface area contributed by atoms with Crippen LogP contribution in [0.5, 0.6) is 0 Å². The molecule has 3 rings (SSSR count). The lowest BCUT2D eigenvalue weighted by atomic mass is 9.86. The Balaban J connectivity index is 2.04. The average Bonchev–Trinajstić information content (AvgIpc) is 2.64. The Labute approximate surface area is 106 Å². The number of imide groups is 1. The van der Waals surface area contributed by atoms with Crippen molar-refractivity contribution in [2.75, 3.05) is 0 Å². The fraction of sp³-hybridized carbons (Fsp3) is 0.333. The van der Waals surface area contributed by atoms with Gasteiger partial charge in [0, 0.05) is 0 Å². The molecule has 1 aromatic rings. The van der Waals surface area contributed by atoms with Gasteiger partial charge in [0.25, 0.3) is 11.8 Å². The Morgan fingerprint density at radius 3 is 2.17 bits per heavy atom. The van der Waals surface area contributed by atoms with Crippen LogP contribution in [0.3, 0.4) is 0 Å². The highest BCUT2D eigenvalue weighted by Gasteiger charge is 2.45. The van der Waals surface area contributed by atoms with Crippen molar-refractivity contribution in [3.05, 3.63) is 47.5 Å². The lowest BCUT2D eigenvalue weighted by Gasteiger charge is -2.38. The van der Waals surface area contributed by atoms with E-state index >= 15 is 0 Å².